The summed E-state index contributed by atoms with van der Waals surface area (Å²) in [5.74, 6) is 0.894. The van der Waals surface area contributed by atoms with Crippen LogP contribution in [0.1, 0.15) is 5.69 Å². The molecule has 0 radical (unpaired) electrons. The first-order valence-corrected chi connectivity index (χ1v) is 6.24. The molecule has 0 N–H and O–H groups in total. The van der Waals surface area contributed by atoms with Gasteiger partial charge >= 0.3 is 0 Å². The Labute approximate surface area is 120 Å². The van der Waals surface area contributed by atoms with Crippen molar-refractivity contribution < 1.29 is 4.74 Å². The molecule has 0 aliphatic rings. The molecule has 0 saturated carbocycles. The van der Waals surface area contributed by atoms with Gasteiger partial charge in [0.05, 0.1) is 5.02 Å². The van der Waals surface area contributed by atoms with Crippen LogP contribution in [0.2, 0.25) is 5.02 Å². The molecule has 0 amide bonds. The predicted octanol–water partition coefficient (Wildman–Crippen LogP) is 3.95. The standard InChI is InChI=1S/C15H8ClN3O/c16-12-6-7-13(15-11(12)4-2-8-18-15)20-14-5-1-3-10(9-17)19-14/h1-8H. The SMILES string of the molecule is N#Cc1cccc(Oc2ccc(Cl)c3cccnc23)n1. The number of rotatable bonds is 2. The molecule has 2 aromatic heterocycles. The molecular weight excluding hydrogens is 274 g/mol. The summed E-state index contributed by atoms with van der Waals surface area (Å²) in [6.45, 7) is 0. The topological polar surface area (TPSA) is 58.8 Å². The molecule has 0 fully saturated rings. The normalized spacial score (nSPS) is 10.2. The number of benzene rings is 1. The lowest BCUT2D eigenvalue weighted by Gasteiger charge is -2.08. The lowest BCUT2D eigenvalue weighted by atomic mass is 10.2. The van der Waals surface area contributed by atoms with E-state index in [2.05, 4.69) is 9.97 Å². The lowest BCUT2D eigenvalue weighted by molar-refractivity contribution is 0.466. The van der Waals surface area contributed by atoms with E-state index in [0.717, 1.165) is 5.39 Å². The van der Waals surface area contributed by atoms with E-state index in [9.17, 15) is 0 Å². The van der Waals surface area contributed by atoms with Gasteiger partial charge in [0.15, 0.2) is 5.75 Å². The van der Waals surface area contributed by atoms with Crippen LogP contribution in [0, 0.1) is 11.3 Å². The molecule has 0 bridgehead atoms. The minimum absolute atomic E-state index is 0.300. The van der Waals surface area contributed by atoms with Gasteiger partial charge in [0.2, 0.25) is 5.88 Å². The van der Waals surface area contributed by atoms with Crippen LogP contribution in [-0.2, 0) is 0 Å². The van der Waals surface area contributed by atoms with Crippen molar-refractivity contribution >= 4 is 22.5 Å². The van der Waals surface area contributed by atoms with E-state index in [1.807, 2.05) is 18.2 Å². The molecule has 0 aliphatic carbocycles. The monoisotopic (exact) mass is 281 g/mol. The molecule has 5 heteroatoms. The van der Waals surface area contributed by atoms with E-state index < -0.39 is 0 Å². The van der Waals surface area contributed by atoms with Crippen LogP contribution in [0.4, 0.5) is 0 Å². The predicted molar refractivity (Wildman–Crippen MR) is 75.8 cm³/mol. The van der Waals surface area contributed by atoms with Gasteiger partial charge in [-0.05, 0) is 30.3 Å². The van der Waals surface area contributed by atoms with Crippen molar-refractivity contribution in [1.82, 2.24) is 9.97 Å². The molecule has 1 aromatic carbocycles. The van der Waals surface area contributed by atoms with Gasteiger partial charge < -0.3 is 4.74 Å². The minimum Gasteiger partial charge on any atom is -0.437 e. The number of nitriles is 1. The van der Waals surface area contributed by atoms with Crippen molar-refractivity contribution in [3.8, 4) is 17.7 Å². The summed E-state index contributed by atoms with van der Waals surface area (Å²) in [4.78, 5) is 8.35. The molecule has 3 aromatic rings. The largest absolute Gasteiger partial charge is 0.437 e. The summed E-state index contributed by atoms with van der Waals surface area (Å²) in [6, 6.07) is 14.2. The number of ether oxygens (including phenoxy) is 1. The van der Waals surface area contributed by atoms with E-state index in [4.69, 9.17) is 21.6 Å². The second-order valence-corrected chi connectivity index (χ2v) is 4.43. The summed E-state index contributed by atoms with van der Waals surface area (Å²) >= 11 is 6.13. The zero-order chi connectivity index (χ0) is 13.9. The number of fused-ring (bicyclic) bond motifs is 1. The molecular formula is C15H8ClN3O. The van der Waals surface area contributed by atoms with Gasteiger partial charge in [-0.3, -0.25) is 4.98 Å². The molecule has 2 heterocycles. The van der Waals surface area contributed by atoms with E-state index in [0.29, 0.717) is 27.9 Å². The Morgan fingerprint density at radius 1 is 1.10 bits per heavy atom. The van der Waals surface area contributed by atoms with Gasteiger partial charge in [0.1, 0.15) is 17.3 Å². The number of pyridine rings is 2. The van der Waals surface area contributed by atoms with Crippen LogP contribution in [0.3, 0.4) is 0 Å². The highest BCUT2D eigenvalue weighted by Gasteiger charge is 2.08. The summed E-state index contributed by atoms with van der Waals surface area (Å²) in [5, 5.41) is 10.3. The maximum absolute atomic E-state index is 8.84. The van der Waals surface area contributed by atoms with Gasteiger partial charge in [-0.2, -0.15) is 5.26 Å². The first-order valence-electron chi connectivity index (χ1n) is 5.86. The van der Waals surface area contributed by atoms with Crippen LogP contribution in [0.5, 0.6) is 11.6 Å². The first kappa shape index (κ1) is 12.4. The molecule has 0 saturated heterocycles. The molecule has 4 nitrogen and oxygen atoms in total. The molecule has 0 spiro atoms. The molecule has 0 aliphatic heterocycles. The molecule has 96 valence electrons. The second-order valence-electron chi connectivity index (χ2n) is 4.02. The average molecular weight is 282 g/mol. The summed E-state index contributed by atoms with van der Waals surface area (Å²) in [5.41, 5.74) is 0.956. The molecule has 0 atom stereocenters. The van der Waals surface area contributed by atoms with E-state index in [1.54, 1.807) is 36.5 Å². The quantitative estimate of drug-likeness (QED) is 0.714. The van der Waals surface area contributed by atoms with Crippen molar-refractivity contribution in [2.45, 2.75) is 0 Å². The Morgan fingerprint density at radius 2 is 2.00 bits per heavy atom. The van der Waals surface area contributed by atoms with Crippen molar-refractivity contribution in [2.75, 3.05) is 0 Å². The van der Waals surface area contributed by atoms with Crippen molar-refractivity contribution in [2.24, 2.45) is 0 Å². The van der Waals surface area contributed by atoms with E-state index in [1.165, 1.54) is 0 Å². The van der Waals surface area contributed by atoms with Crippen LogP contribution < -0.4 is 4.74 Å². The van der Waals surface area contributed by atoms with Gasteiger partial charge in [-0.25, -0.2) is 4.98 Å². The van der Waals surface area contributed by atoms with Crippen molar-refractivity contribution in [3.05, 3.63) is 59.4 Å². The fraction of sp³-hybridized carbons (Fsp3) is 0. The maximum atomic E-state index is 8.84. The third-order valence-corrected chi connectivity index (χ3v) is 3.06. The maximum Gasteiger partial charge on any atom is 0.220 e. The number of nitrogens with zero attached hydrogens (tertiary/aromatic N) is 3. The highest BCUT2D eigenvalue weighted by molar-refractivity contribution is 6.35. The van der Waals surface area contributed by atoms with Crippen LogP contribution in [0.15, 0.2) is 48.7 Å². The van der Waals surface area contributed by atoms with Crippen LogP contribution >= 0.6 is 11.6 Å². The Hall–Kier alpha value is -2.64. The van der Waals surface area contributed by atoms with Crippen molar-refractivity contribution in [3.63, 3.8) is 0 Å². The third kappa shape index (κ3) is 2.27. The number of hydrogen-bond donors (Lipinski definition) is 0. The molecule has 3 rings (SSSR count). The van der Waals surface area contributed by atoms with Gasteiger partial charge in [-0.15, -0.1) is 0 Å². The highest BCUT2D eigenvalue weighted by Crippen LogP contribution is 2.31. The zero-order valence-corrected chi connectivity index (χ0v) is 11.0. The summed E-state index contributed by atoms with van der Waals surface area (Å²) in [7, 11) is 0. The van der Waals surface area contributed by atoms with E-state index >= 15 is 0 Å². The first-order chi connectivity index (χ1) is 9.78. The molecule has 20 heavy (non-hydrogen) atoms. The summed E-state index contributed by atoms with van der Waals surface area (Å²) in [6.07, 6.45) is 1.67. The van der Waals surface area contributed by atoms with Crippen LogP contribution in [-0.4, -0.2) is 9.97 Å². The smallest absolute Gasteiger partial charge is 0.220 e. The van der Waals surface area contributed by atoms with Gasteiger partial charge in [-0.1, -0.05) is 17.7 Å². The molecule has 0 unspecified atom stereocenters. The Kier molecular flexibility index (Phi) is 3.20. The Balaban J connectivity index is 2.07. The average Bonchev–Trinajstić information content (AvgIpc) is 2.51. The fourth-order valence-electron chi connectivity index (χ4n) is 1.84. The Bertz CT molecular complexity index is 827. The Morgan fingerprint density at radius 3 is 2.85 bits per heavy atom. The fourth-order valence-corrected chi connectivity index (χ4v) is 2.06. The highest BCUT2D eigenvalue weighted by atomic mass is 35.5. The lowest BCUT2D eigenvalue weighted by Crippen LogP contribution is -1.92. The van der Waals surface area contributed by atoms with Gasteiger partial charge in [0.25, 0.3) is 0 Å². The summed E-state index contributed by atoms with van der Waals surface area (Å²) < 4.78 is 5.71. The number of aromatic nitrogens is 2. The van der Waals surface area contributed by atoms with E-state index in [-0.39, 0.29) is 0 Å². The zero-order valence-electron chi connectivity index (χ0n) is 10.2. The van der Waals surface area contributed by atoms with Gasteiger partial charge in [0, 0.05) is 17.6 Å². The minimum atomic E-state index is 0.300. The number of halogens is 1. The van der Waals surface area contributed by atoms with Crippen LogP contribution in [0.25, 0.3) is 10.9 Å². The second kappa shape index (κ2) is 5.16. The number of hydrogen-bond acceptors (Lipinski definition) is 4. The third-order valence-electron chi connectivity index (χ3n) is 2.73. The van der Waals surface area contributed by atoms with Crippen molar-refractivity contribution in [1.29, 1.82) is 5.26 Å².